The summed E-state index contributed by atoms with van der Waals surface area (Å²) in [7, 11) is 0. The summed E-state index contributed by atoms with van der Waals surface area (Å²) in [6.45, 7) is 6.45. The topological polar surface area (TPSA) is 83.1 Å². The van der Waals surface area contributed by atoms with Gasteiger partial charge in [0, 0.05) is 28.6 Å². The monoisotopic (exact) mass is 322 g/mol. The first-order valence-electron chi connectivity index (χ1n) is 8.48. The number of hydrogen-bond donors (Lipinski definition) is 2. The third-order valence-corrected chi connectivity index (χ3v) is 4.57. The van der Waals surface area contributed by atoms with E-state index in [0.29, 0.717) is 5.82 Å². The molecule has 0 atom stereocenters. The molecule has 4 rings (SSSR count). The minimum Gasteiger partial charge on any atom is -0.282 e. The van der Waals surface area contributed by atoms with Crippen molar-refractivity contribution < 1.29 is 0 Å². The first kappa shape index (κ1) is 15.1. The second kappa shape index (κ2) is 5.54. The number of fused-ring (bicyclic) bond motifs is 1. The highest BCUT2D eigenvalue weighted by Crippen LogP contribution is 2.29. The van der Waals surface area contributed by atoms with E-state index in [0.717, 1.165) is 35.6 Å². The van der Waals surface area contributed by atoms with Gasteiger partial charge in [-0.2, -0.15) is 10.2 Å². The Hall–Kier alpha value is -2.50. The summed E-state index contributed by atoms with van der Waals surface area (Å²) in [4.78, 5) is 9.11. The zero-order chi connectivity index (χ0) is 16.7. The average Bonchev–Trinajstić information content (AvgIpc) is 3.22. The van der Waals surface area contributed by atoms with Crippen LogP contribution in [-0.2, 0) is 18.3 Å². The summed E-state index contributed by atoms with van der Waals surface area (Å²) < 4.78 is 0. The zero-order valence-corrected chi connectivity index (χ0v) is 14.3. The molecule has 3 heterocycles. The molecule has 0 amide bonds. The Labute approximate surface area is 141 Å². The van der Waals surface area contributed by atoms with Crippen LogP contribution in [0.15, 0.2) is 18.3 Å². The summed E-state index contributed by atoms with van der Waals surface area (Å²) in [6.07, 6.45) is 6.37. The second-order valence-corrected chi connectivity index (χ2v) is 7.42. The highest BCUT2D eigenvalue weighted by atomic mass is 15.2. The number of aryl methyl sites for hydroxylation is 1. The van der Waals surface area contributed by atoms with E-state index in [1.807, 2.05) is 12.1 Å². The Kier molecular flexibility index (Phi) is 3.48. The lowest BCUT2D eigenvalue weighted by Gasteiger charge is -2.14. The van der Waals surface area contributed by atoms with Gasteiger partial charge in [-0.15, -0.1) is 0 Å². The number of nitrogens with zero attached hydrogens (tertiary/aromatic N) is 4. The van der Waals surface area contributed by atoms with E-state index >= 15 is 0 Å². The number of hydrogen-bond acceptors (Lipinski definition) is 4. The van der Waals surface area contributed by atoms with Gasteiger partial charge in [-0.3, -0.25) is 10.2 Å². The molecule has 1 aliphatic carbocycles. The molecule has 0 aliphatic heterocycles. The van der Waals surface area contributed by atoms with Crippen LogP contribution in [0.2, 0.25) is 0 Å². The number of H-pyrrole nitrogens is 2. The molecule has 6 nitrogen and oxygen atoms in total. The van der Waals surface area contributed by atoms with Gasteiger partial charge in [0.15, 0.2) is 5.82 Å². The number of rotatable bonds is 2. The van der Waals surface area contributed by atoms with Crippen molar-refractivity contribution in [3.8, 4) is 22.9 Å². The molecule has 0 saturated heterocycles. The third-order valence-electron chi connectivity index (χ3n) is 4.57. The van der Waals surface area contributed by atoms with Crippen molar-refractivity contribution in [2.24, 2.45) is 0 Å². The lowest BCUT2D eigenvalue weighted by atomic mass is 9.92. The van der Waals surface area contributed by atoms with E-state index in [1.54, 1.807) is 6.20 Å². The fraction of sp³-hybridized carbons (Fsp3) is 0.444. The maximum absolute atomic E-state index is 4.71. The van der Waals surface area contributed by atoms with E-state index in [4.69, 9.17) is 4.98 Å². The van der Waals surface area contributed by atoms with Gasteiger partial charge in [0.05, 0.1) is 5.69 Å². The van der Waals surface area contributed by atoms with E-state index in [9.17, 15) is 0 Å². The molecule has 3 aromatic rings. The summed E-state index contributed by atoms with van der Waals surface area (Å²) in [5.74, 6) is 0.631. The van der Waals surface area contributed by atoms with Gasteiger partial charge < -0.3 is 0 Å². The van der Waals surface area contributed by atoms with Crippen LogP contribution in [0.3, 0.4) is 0 Å². The zero-order valence-electron chi connectivity index (χ0n) is 14.3. The number of aromatic amines is 2. The fourth-order valence-electron chi connectivity index (χ4n) is 3.13. The molecule has 2 N–H and O–H groups in total. The van der Waals surface area contributed by atoms with Gasteiger partial charge in [0.2, 0.25) is 0 Å². The first-order chi connectivity index (χ1) is 11.5. The number of aromatic nitrogens is 6. The van der Waals surface area contributed by atoms with Crippen LogP contribution in [0.25, 0.3) is 22.9 Å². The van der Waals surface area contributed by atoms with Crippen LogP contribution >= 0.6 is 0 Å². The third kappa shape index (κ3) is 2.62. The molecule has 3 aromatic heterocycles. The SMILES string of the molecule is CC(C)(C)c1cc(-c2nccc(-c3n[nH]c4c3CCCC4)n2)n[nH]1. The van der Waals surface area contributed by atoms with Crippen molar-refractivity contribution in [1.29, 1.82) is 0 Å². The summed E-state index contributed by atoms with van der Waals surface area (Å²) in [5.41, 5.74) is 6.24. The van der Waals surface area contributed by atoms with E-state index in [2.05, 4.69) is 46.1 Å². The molecule has 0 bridgehead atoms. The van der Waals surface area contributed by atoms with E-state index in [-0.39, 0.29) is 5.41 Å². The molecule has 24 heavy (non-hydrogen) atoms. The van der Waals surface area contributed by atoms with Crippen LogP contribution in [-0.4, -0.2) is 30.4 Å². The highest BCUT2D eigenvalue weighted by molar-refractivity contribution is 5.63. The predicted molar refractivity (Wildman–Crippen MR) is 92.5 cm³/mol. The van der Waals surface area contributed by atoms with Crippen molar-refractivity contribution in [2.75, 3.05) is 0 Å². The molecule has 0 radical (unpaired) electrons. The maximum atomic E-state index is 4.71. The minimum atomic E-state index is 0.0180. The van der Waals surface area contributed by atoms with Crippen molar-refractivity contribution in [3.05, 3.63) is 35.3 Å². The van der Waals surface area contributed by atoms with Crippen LogP contribution in [0, 0.1) is 0 Å². The van der Waals surface area contributed by atoms with Gasteiger partial charge in [-0.1, -0.05) is 20.8 Å². The molecule has 0 aromatic carbocycles. The van der Waals surface area contributed by atoms with Crippen molar-refractivity contribution >= 4 is 0 Å². The Balaban J connectivity index is 1.72. The Morgan fingerprint density at radius 1 is 1.00 bits per heavy atom. The van der Waals surface area contributed by atoms with Crippen molar-refractivity contribution in [2.45, 2.75) is 51.9 Å². The summed E-state index contributed by atoms with van der Waals surface area (Å²) >= 11 is 0. The van der Waals surface area contributed by atoms with Crippen LogP contribution < -0.4 is 0 Å². The van der Waals surface area contributed by atoms with Gasteiger partial charge in [-0.05, 0) is 37.8 Å². The maximum Gasteiger partial charge on any atom is 0.180 e. The lowest BCUT2D eigenvalue weighted by molar-refractivity contribution is 0.567. The summed E-state index contributed by atoms with van der Waals surface area (Å²) in [5, 5.41) is 15.2. The molecule has 124 valence electrons. The minimum absolute atomic E-state index is 0.0180. The van der Waals surface area contributed by atoms with Crippen molar-refractivity contribution in [1.82, 2.24) is 30.4 Å². The molecular formula is C18H22N6. The predicted octanol–water partition coefficient (Wildman–Crippen LogP) is 3.43. The summed E-state index contributed by atoms with van der Waals surface area (Å²) in [6, 6.07) is 3.95. The first-order valence-corrected chi connectivity index (χ1v) is 8.48. The molecule has 1 aliphatic rings. The second-order valence-electron chi connectivity index (χ2n) is 7.42. The molecule has 0 fully saturated rings. The smallest absolute Gasteiger partial charge is 0.180 e. The van der Waals surface area contributed by atoms with E-state index in [1.165, 1.54) is 24.1 Å². The largest absolute Gasteiger partial charge is 0.282 e. The lowest BCUT2D eigenvalue weighted by Crippen LogP contribution is -2.11. The molecule has 0 spiro atoms. The normalized spacial score (nSPS) is 14.6. The highest BCUT2D eigenvalue weighted by Gasteiger charge is 2.21. The van der Waals surface area contributed by atoms with Gasteiger partial charge >= 0.3 is 0 Å². The van der Waals surface area contributed by atoms with E-state index < -0.39 is 0 Å². The Morgan fingerprint density at radius 3 is 2.62 bits per heavy atom. The quantitative estimate of drug-likeness (QED) is 0.757. The van der Waals surface area contributed by atoms with Gasteiger partial charge in [0.1, 0.15) is 11.4 Å². The van der Waals surface area contributed by atoms with Crippen LogP contribution in [0.5, 0.6) is 0 Å². The Bertz CT molecular complexity index is 868. The molecular weight excluding hydrogens is 300 g/mol. The molecule has 0 unspecified atom stereocenters. The molecule has 6 heteroatoms. The van der Waals surface area contributed by atoms with Gasteiger partial charge in [0.25, 0.3) is 0 Å². The van der Waals surface area contributed by atoms with Gasteiger partial charge in [-0.25, -0.2) is 9.97 Å². The van der Waals surface area contributed by atoms with Crippen LogP contribution in [0.1, 0.15) is 50.6 Å². The Morgan fingerprint density at radius 2 is 1.83 bits per heavy atom. The van der Waals surface area contributed by atoms with Crippen molar-refractivity contribution in [3.63, 3.8) is 0 Å². The average molecular weight is 322 g/mol. The molecule has 0 saturated carbocycles. The van der Waals surface area contributed by atoms with Crippen LogP contribution in [0.4, 0.5) is 0 Å². The fourth-order valence-corrected chi connectivity index (χ4v) is 3.13. The number of nitrogens with one attached hydrogen (secondary N) is 2. The standard InChI is InChI=1S/C18H22N6/c1-18(2,3)15-10-14(22-23-15)17-19-9-8-13(20-17)16-11-6-4-5-7-12(11)21-24-16/h8-10H,4-7H2,1-3H3,(H,21,24)(H,22,23).